The minimum atomic E-state index is -3.38. The number of hydrogen-bond donors (Lipinski definition) is 1. The number of thioether (sulfide) groups is 1. The summed E-state index contributed by atoms with van der Waals surface area (Å²) in [6.07, 6.45) is 0. The molecule has 0 bridgehead atoms. The summed E-state index contributed by atoms with van der Waals surface area (Å²) < 4.78 is 31.6. The molecular formula is C21H24Cl2N2O4S2. The smallest absolute Gasteiger partial charge is 0.251 e. The van der Waals surface area contributed by atoms with Gasteiger partial charge in [0.25, 0.3) is 5.91 Å². The van der Waals surface area contributed by atoms with E-state index in [2.05, 4.69) is 5.32 Å². The lowest BCUT2D eigenvalue weighted by molar-refractivity contribution is 0.0729. The van der Waals surface area contributed by atoms with Crippen molar-refractivity contribution in [2.45, 2.75) is 11.5 Å². The Morgan fingerprint density at radius 1 is 1.03 bits per heavy atom. The monoisotopic (exact) mass is 502 g/mol. The van der Waals surface area contributed by atoms with E-state index in [1.54, 1.807) is 42.1 Å². The van der Waals surface area contributed by atoms with Crippen LogP contribution in [0.1, 0.15) is 21.5 Å². The number of sulfonamides is 1. The van der Waals surface area contributed by atoms with Crippen molar-refractivity contribution in [3.63, 3.8) is 0 Å². The first kappa shape index (κ1) is 24.4. The lowest BCUT2D eigenvalue weighted by Crippen LogP contribution is -2.41. The second-order valence-electron chi connectivity index (χ2n) is 7.02. The predicted molar refractivity (Wildman–Crippen MR) is 126 cm³/mol. The van der Waals surface area contributed by atoms with Crippen molar-refractivity contribution in [3.05, 3.63) is 69.2 Å². The molecule has 1 heterocycles. The summed E-state index contributed by atoms with van der Waals surface area (Å²) in [6, 6.07) is 12.2. The minimum Gasteiger partial charge on any atom is -0.379 e. The molecule has 0 aromatic heterocycles. The molecule has 0 spiro atoms. The first-order valence-electron chi connectivity index (χ1n) is 9.79. The second kappa shape index (κ2) is 11.5. The zero-order valence-corrected chi connectivity index (χ0v) is 20.0. The van der Waals surface area contributed by atoms with Crippen molar-refractivity contribution in [1.82, 2.24) is 9.62 Å². The SMILES string of the molecule is O=C(NCCSCc1ccc(Cl)c(Cl)c1)c1ccc(CS(=O)(=O)N2CCOCC2)cc1. The molecule has 1 aliphatic rings. The normalized spacial score (nSPS) is 15.0. The quantitative estimate of drug-likeness (QED) is 0.527. The molecule has 2 aromatic rings. The van der Waals surface area contributed by atoms with E-state index < -0.39 is 10.0 Å². The standard InChI is InChI=1S/C21H24Cl2N2O4S2/c22-19-6-3-17(13-20(19)23)14-30-12-7-24-21(26)18-4-1-16(2-5-18)15-31(27,28)25-8-10-29-11-9-25/h1-6,13H,7-12,14-15H2,(H,24,26). The Morgan fingerprint density at radius 3 is 2.39 bits per heavy atom. The minimum absolute atomic E-state index is 0.0831. The Hall–Kier alpha value is -1.29. The molecule has 0 atom stereocenters. The van der Waals surface area contributed by atoms with Crippen molar-refractivity contribution in [3.8, 4) is 0 Å². The lowest BCUT2D eigenvalue weighted by Gasteiger charge is -2.26. The zero-order valence-electron chi connectivity index (χ0n) is 16.9. The van der Waals surface area contributed by atoms with Gasteiger partial charge in [0, 0.05) is 36.7 Å². The van der Waals surface area contributed by atoms with E-state index in [-0.39, 0.29) is 11.7 Å². The molecule has 0 radical (unpaired) electrons. The average Bonchev–Trinajstić information content (AvgIpc) is 2.76. The van der Waals surface area contributed by atoms with Crippen molar-refractivity contribution in [2.75, 3.05) is 38.6 Å². The summed E-state index contributed by atoms with van der Waals surface area (Å²) in [5.74, 6) is 1.26. The summed E-state index contributed by atoms with van der Waals surface area (Å²) in [7, 11) is -3.38. The highest BCUT2D eigenvalue weighted by atomic mass is 35.5. The topological polar surface area (TPSA) is 75.7 Å². The fourth-order valence-corrected chi connectivity index (χ4v) is 5.67. The van der Waals surface area contributed by atoms with Crippen LogP contribution in [0.2, 0.25) is 10.0 Å². The van der Waals surface area contributed by atoms with Gasteiger partial charge < -0.3 is 10.1 Å². The Bertz CT molecular complexity index is 995. The van der Waals surface area contributed by atoms with E-state index in [9.17, 15) is 13.2 Å². The van der Waals surface area contributed by atoms with E-state index >= 15 is 0 Å². The van der Waals surface area contributed by atoms with Crippen molar-refractivity contribution in [2.24, 2.45) is 0 Å². The van der Waals surface area contributed by atoms with Crippen LogP contribution < -0.4 is 5.32 Å². The number of rotatable bonds is 9. The first-order chi connectivity index (χ1) is 14.8. The van der Waals surface area contributed by atoms with Gasteiger partial charge in [0.2, 0.25) is 10.0 Å². The summed E-state index contributed by atoms with van der Waals surface area (Å²) in [4.78, 5) is 12.3. The van der Waals surface area contributed by atoms with E-state index in [1.807, 2.05) is 12.1 Å². The highest BCUT2D eigenvalue weighted by Crippen LogP contribution is 2.24. The molecule has 31 heavy (non-hydrogen) atoms. The lowest BCUT2D eigenvalue weighted by atomic mass is 10.1. The highest BCUT2D eigenvalue weighted by Gasteiger charge is 2.24. The van der Waals surface area contributed by atoms with Gasteiger partial charge in [-0.25, -0.2) is 8.42 Å². The van der Waals surface area contributed by atoms with Crippen molar-refractivity contribution < 1.29 is 17.9 Å². The number of carbonyl (C=O) groups is 1. The number of carbonyl (C=O) groups excluding carboxylic acids is 1. The number of nitrogens with one attached hydrogen (secondary N) is 1. The molecule has 0 saturated carbocycles. The molecular weight excluding hydrogens is 479 g/mol. The fraction of sp³-hybridized carbons (Fsp3) is 0.381. The number of amides is 1. The van der Waals surface area contributed by atoms with Crippen LogP contribution in [0.15, 0.2) is 42.5 Å². The average molecular weight is 503 g/mol. The summed E-state index contributed by atoms with van der Waals surface area (Å²) >= 11 is 13.6. The van der Waals surface area contributed by atoms with Gasteiger partial charge in [0.1, 0.15) is 0 Å². The van der Waals surface area contributed by atoms with Gasteiger partial charge in [-0.2, -0.15) is 16.1 Å². The molecule has 1 saturated heterocycles. The maximum absolute atomic E-state index is 12.5. The van der Waals surface area contributed by atoms with E-state index in [1.165, 1.54) is 4.31 Å². The number of halogens is 2. The van der Waals surface area contributed by atoms with Gasteiger partial charge >= 0.3 is 0 Å². The Balaban J connectivity index is 1.42. The van der Waals surface area contributed by atoms with Gasteiger partial charge in [-0.05, 0) is 35.4 Å². The Labute approximate surface area is 197 Å². The van der Waals surface area contributed by atoms with Crippen molar-refractivity contribution in [1.29, 1.82) is 0 Å². The van der Waals surface area contributed by atoms with Crippen LogP contribution in [-0.2, 0) is 26.3 Å². The molecule has 1 aliphatic heterocycles. The van der Waals surface area contributed by atoms with Crippen LogP contribution in [-0.4, -0.2) is 57.2 Å². The number of hydrogen-bond acceptors (Lipinski definition) is 5. The number of ether oxygens (including phenoxy) is 1. The van der Waals surface area contributed by atoms with E-state index in [0.29, 0.717) is 54.0 Å². The largest absolute Gasteiger partial charge is 0.379 e. The molecule has 10 heteroatoms. The van der Waals surface area contributed by atoms with Gasteiger partial charge in [0.15, 0.2) is 0 Å². The third-order valence-electron chi connectivity index (χ3n) is 4.71. The Morgan fingerprint density at radius 2 is 1.71 bits per heavy atom. The fourth-order valence-electron chi connectivity index (χ4n) is 3.04. The second-order valence-corrected chi connectivity index (χ2v) is 10.9. The first-order valence-corrected chi connectivity index (χ1v) is 13.3. The molecule has 0 unspecified atom stereocenters. The maximum Gasteiger partial charge on any atom is 0.251 e. The van der Waals surface area contributed by atoms with E-state index in [0.717, 1.165) is 17.1 Å². The van der Waals surface area contributed by atoms with Crippen LogP contribution in [0.5, 0.6) is 0 Å². The number of benzene rings is 2. The summed E-state index contributed by atoms with van der Waals surface area (Å²) in [5.41, 5.74) is 2.23. The van der Waals surface area contributed by atoms with Crippen LogP contribution in [0.25, 0.3) is 0 Å². The predicted octanol–water partition coefficient (Wildman–Crippen LogP) is 3.82. The third kappa shape index (κ3) is 7.37. The summed E-state index contributed by atoms with van der Waals surface area (Å²) in [6.45, 7) is 2.13. The van der Waals surface area contributed by atoms with Crippen molar-refractivity contribution >= 4 is 50.9 Å². The summed E-state index contributed by atoms with van der Waals surface area (Å²) in [5, 5.41) is 3.95. The van der Waals surface area contributed by atoms with Gasteiger partial charge in [0.05, 0.1) is 29.0 Å². The van der Waals surface area contributed by atoms with Crippen LogP contribution in [0.4, 0.5) is 0 Å². The zero-order chi connectivity index (χ0) is 22.3. The third-order valence-corrected chi connectivity index (χ3v) is 8.33. The van der Waals surface area contributed by atoms with Gasteiger partial charge in [-0.15, -0.1) is 0 Å². The highest BCUT2D eigenvalue weighted by molar-refractivity contribution is 7.98. The number of morpholine rings is 1. The Kier molecular flexibility index (Phi) is 9.06. The molecule has 6 nitrogen and oxygen atoms in total. The van der Waals surface area contributed by atoms with Crippen LogP contribution in [0, 0.1) is 0 Å². The molecule has 1 amide bonds. The van der Waals surface area contributed by atoms with Crippen LogP contribution >= 0.6 is 35.0 Å². The molecule has 2 aromatic carbocycles. The molecule has 3 rings (SSSR count). The van der Waals surface area contributed by atoms with Gasteiger partial charge in [-0.1, -0.05) is 41.4 Å². The molecule has 1 N–H and O–H groups in total. The molecule has 168 valence electrons. The molecule has 1 fully saturated rings. The maximum atomic E-state index is 12.5. The number of nitrogens with zero attached hydrogens (tertiary/aromatic N) is 1. The van der Waals surface area contributed by atoms with Gasteiger partial charge in [-0.3, -0.25) is 4.79 Å². The van der Waals surface area contributed by atoms with E-state index in [4.69, 9.17) is 27.9 Å². The van der Waals surface area contributed by atoms with Crippen LogP contribution in [0.3, 0.4) is 0 Å². The molecule has 0 aliphatic carbocycles.